The Balaban J connectivity index is 1.95. The van der Waals surface area contributed by atoms with Crippen molar-refractivity contribution in [3.63, 3.8) is 0 Å². The van der Waals surface area contributed by atoms with Crippen LogP contribution in [0, 0.1) is 5.92 Å². The van der Waals surface area contributed by atoms with E-state index in [-0.39, 0.29) is 5.91 Å². The quantitative estimate of drug-likeness (QED) is 0.902. The first-order valence-electron chi connectivity index (χ1n) is 7.07. The summed E-state index contributed by atoms with van der Waals surface area (Å²) >= 11 is 12.0. The molecule has 1 saturated heterocycles. The summed E-state index contributed by atoms with van der Waals surface area (Å²) in [5.74, 6) is 0.946. The molecule has 0 unspecified atom stereocenters. The van der Waals surface area contributed by atoms with Crippen LogP contribution in [-0.4, -0.2) is 43.6 Å². The Bertz CT molecular complexity index is 510. The summed E-state index contributed by atoms with van der Waals surface area (Å²) in [6, 6.07) is 5.15. The molecule has 0 aliphatic carbocycles. The second-order valence-electron chi connectivity index (χ2n) is 5.31. The van der Waals surface area contributed by atoms with Crippen LogP contribution in [0.4, 0.5) is 0 Å². The minimum Gasteiger partial charge on any atom is -0.479 e. The van der Waals surface area contributed by atoms with Crippen molar-refractivity contribution in [1.29, 1.82) is 0 Å². The first-order chi connectivity index (χ1) is 10.0. The van der Waals surface area contributed by atoms with Crippen molar-refractivity contribution in [2.24, 2.45) is 5.92 Å². The summed E-state index contributed by atoms with van der Waals surface area (Å²) in [5, 5.41) is 3.91. The molecule has 1 aliphatic heterocycles. The molecule has 1 aliphatic rings. The Kier molecular flexibility index (Phi) is 5.73. The SMILES string of the molecule is CNC[C@H]1CCN(C(=O)[C@H](C)Oc2cccc(Cl)c2Cl)C1. The Morgan fingerprint density at radius 2 is 2.29 bits per heavy atom. The zero-order valence-electron chi connectivity index (χ0n) is 12.2. The van der Waals surface area contributed by atoms with Gasteiger partial charge in [-0.3, -0.25) is 4.79 Å². The Hall–Kier alpha value is -0.970. The molecular formula is C15H20Cl2N2O2. The van der Waals surface area contributed by atoms with Crippen molar-refractivity contribution in [2.75, 3.05) is 26.7 Å². The summed E-state index contributed by atoms with van der Waals surface area (Å²) in [4.78, 5) is 14.3. The highest BCUT2D eigenvalue weighted by Gasteiger charge is 2.29. The van der Waals surface area contributed by atoms with Crippen molar-refractivity contribution in [3.8, 4) is 5.75 Å². The van der Waals surface area contributed by atoms with Crippen LogP contribution in [0.15, 0.2) is 18.2 Å². The first-order valence-corrected chi connectivity index (χ1v) is 7.82. The van der Waals surface area contributed by atoms with Crippen molar-refractivity contribution in [2.45, 2.75) is 19.4 Å². The Labute approximate surface area is 135 Å². The predicted octanol–water partition coefficient (Wildman–Crippen LogP) is 2.83. The maximum Gasteiger partial charge on any atom is 0.263 e. The lowest BCUT2D eigenvalue weighted by molar-refractivity contribution is -0.136. The number of carbonyl (C=O) groups excluding carboxylic acids is 1. The van der Waals surface area contributed by atoms with Gasteiger partial charge in [0.05, 0.1) is 5.02 Å². The van der Waals surface area contributed by atoms with Gasteiger partial charge in [0, 0.05) is 13.1 Å². The lowest BCUT2D eigenvalue weighted by Gasteiger charge is -2.22. The zero-order chi connectivity index (χ0) is 15.4. The fraction of sp³-hybridized carbons (Fsp3) is 0.533. The fourth-order valence-corrected chi connectivity index (χ4v) is 2.90. The number of carbonyl (C=O) groups is 1. The van der Waals surface area contributed by atoms with E-state index in [2.05, 4.69) is 5.32 Å². The number of halogens is 2. The molecule has 0 spiro atoms. The minimum atomic E-state index is -0.575. The highest BCUT2D eigenvalue weighted by atomic mass is 35.5. The molecule has 116 valence electrons. The second-order valence-corrected chi connectivity index (χ2v) is 6.09. The molecule has 2 atom stereocenters. The van der Waals surface area contributed by atoms with Crippen molar-refractivity contribution in [3.05, 3.63) is 28.2 Å². The molecule has 1 aromatic carbocycles. The molecule has 1 heterocycles. The van der Waals surface area contributed by atoms with Gasteiger partial charge in [-0.15, -0.1) is 0 Å². The van der Waals surface area contributed by atoms with Gasteiger partial charge in [-0.2, -0.15) is 0 Å². The van der Waals surface area contributed by atoms with Gasteiger partial charge >= 0.3 is 0 Å². The average molecular weight is 331 g/mol. The standard InChI is InChI=1S/C15H20Cl2N2O2/c1-10(21-13-5-3-4-12(16)14(13)17)15(20)19-7-6-11(9-19)8-18-2/h3-5,10-11,18H,6-9H2,1-2H3/t10-,11+/m0/s1. The van der Waals surface area contributed by atoms with Gasteiger partial charge in [0.15, 0.2) is 6.10 Å². The minimum absolute atomic E-state index is 0.00959. The van der Waals surface area contributed by atoms with Gasteiger partial charge in [-0.05, 0) is 45.0 Å². The smallest absolute Gasteiger partial charge is 0.263 e. The van der Waals surface area contributed by atoms with Crippen molar-refractivity contribution < 1.29 is 9.53 Å². The number of likely N-dealkylation sites (tertiary alicyclic amines) is 1. The molecule has 6 heteroatoms. The van der Waals surface area contributed by atoms with Crippen LogP contribution in [0.25, 0.3) is 0 Å². The third-order valence-electron chi connectivity index (χ3n) is 3.66. The number of rotatable bonds is 5. The third kappa shape index (κ3) is 4.02. The van der Waals surface area contributed by atoms with Gasteiger partial charge in [-0.25, -0.2) is 0 Å². The largest absolute Gasteiger partial charge is 0.479 e. The van der Waals surface area contributed by atoms with Crippen molar-refractivity contribution in [1.82, 2.24) is 10.2 Å². The van der Waals surface area contributed by atoms with E-state index in [1.165, 1.54) is 0 Å². The first kappa shape index (κ1) is 16.4. The molecule has 0 saturated carbocycles. The lowest BCUT2D eigenvalue weighted by Crippen LogP contribution is -2.39. The molecule has 1 aromatic rings. The van der Waals surface area contributed by atoms with E-state index < -0.39 is 6.10 Å². The molecule has 0 bridgehead atoms. The van der Waals surface area contributed by atoms with E-state index in [4.69, 9.17) is 27.9 Å². The summed E-state index contributed by atoms with van der Waals surface area (Å²) in [5.41, 5.74) is 0. The van der Waals surface area contributed by atoms with Gasteiger partial charge < -0.3 is 15.0 Å². The molecule has 1 amide bonds. The molecular weight excluding hydrogens is 311 g/mol. The van der Waals surface area contributed by atoms with Crippen LogP contribution in [0.3, 0.4) is 0 Å². The molecule has 1 fully saturated rings. The monoisotopic (exact) mass is 330 g/mol. The van der Waals surface area contributed by atoms with E-state index in [0.29, 0.717) is 21.7 Å². The maximum atomic E-state index is 12.4. The second kappa shape index (κ2) is 7.34. The highest BCUT2D eigenvalue weighted by Crippen LogP contribution is 2.32. The lowest BCUT2D eigenvalue weighted by atomic mass is 10.1. The average Bonchev–Trinajstić information content (AvgIpc) is 2.92. The maximum absolute atomic E-state index is 12.4. The summed E-state index contributed by atoms with van der Waals surface area (Å²) in [6.45, 7) is 4.23. The molecule has 21 heavy (non-hydrogen) atoms. The van der Waals surface area contributed by atoms with Crippen LogP contribution < -0.4 is 10.1 Å². The molecule has 0 radical (unpaired) electrons. The van der Waals surface area contributed by atoms with Crippen LogP contribution in [0.1, 0.15) is 13.3 Å². The number of hydrogen-bond acceptors (Lipinski definition) is 3. The number of nitrogens with one attached hydrogen (secondary N) is 1. The van der Waals surface area contributed by atoms with Gasteiger partial charge in [0.1, 0.15) is 10.8 Å². The number of benzene rings is 1. The van der Waals surface area contributed by atoms with Gasteiger partial charge in [0.2, 0.25) is 0 Å². The van der Waals surface area contributed by atoms with Crippen LogP contribution >= 0.6 is 23.2 Å². The third-order valence-corrected chi connectivity index (χ3v) is 4.46. The van der Waals surface area contributed by atoms with E-state index in [1.54, 1.807) is 25.1 Å². The zero-order valence-corrected chi connectivity index (χ0v) is 13.7. The molecule has 0 aromatic heterocycles. The summed E-state index contributed by atoms with van der Waals surface area (Å²) < 4.78 is 5.67. The van der Waals surface area contributed by atoms with E-state index in [0.717, 1.165) is 26.1 Å². The molecule has 2 rings (SSSR count). The van der Waals surface area contributed by atoms with Gasteiger partial charge in [-0.1, -0.05) is 29.3 Å². The number of ether oxygens (including phenoxy) is 1. The van der Waals surface area contributed by atoms with E-state index in [1.807, 2.05) is 11.9 Å². The summed E-state index contributed by atoms with van der Waals surface area (Å²) in [7, 11) is 1.93. The number of nitrogens with zero attached hydrogens (tertiary/aromatic N) is 1. The van der Waals surface area contributed by atoms with E-state index in [9.17, 15) is 4.79 Å². The number of hydrogen-bond donors (Lipinski definition) is 1. The molecule has 4 nitrogen and oxygen atoms in total. The fourth-order valence-electron chi connectivity index (χ4n) is 2.56. The normalized spacial score (nSPS) is 19.6. The van der Waals surface area contributed by atoms with E-state index >= 15 is 0 Å². The van der Waals surface area contributed by atoms with Crippen molar-refractivity contribution >= 4 is 29.1 Å². The number of amides is 1. The van der Waals surface area contributed by atoms with Crippen LogP contribution in [-0.2, 0) is 4.79 Å². The topological polar surface area (TPSA) is 41.6 Å². The Morgan fingerprint density at radius 3 is 3.00 bits per heavy atom. The summed E-state index contributed by atoms with van der Waals surface area (Å²) in [6.07, 6.45) is 0.450. The van der Waals surface area contributed by atoms with Crippen LogP contribution in [0.2, 0.25) is 10.0 Å². The van der Waals surface area contributed by atoms with Gasteiger partial charge in [0.25, 0.3) is 5.91 Å². The Morgan fingerprint density at radius 1 is 1.52 bits per heavy atom. The highest BCUT2D eigenvalue weighted by molar-refractivity contribution is 6.42. The predicted molar refractivity (Wildman–Crippen MR) is 85.2 cm³/mol. The molecule has 1 N–H and O–H groups in total. The van der Waals surface area contributed by atoms with Crippen LogP contribution in [0.5, 0.6) is 5.75 Å².